The molecular formula is C23H24ClFN2OS. The molecule has 2 aromatic carbocycles. The lowest BCUT2D eigenvalue weighted by molar-refractivity contribution is -0.134. The minimum Gasteiger partial charge on any atom is -0.371 e. The lowest BCUT2D eigenvalue weighted by atomic mass is 10.1. The van der Waals surface area contributed by atoms with E-state index < -0.39 is 0 Å². The minimum atomic E-state index is -0.330. The fraction of sp³-hybridized carbons (Fsp3) is 0.348. The van der Waals surface area contributed by atoms with E-state index in [-0.39, 0.29) is 17.6 Å². The molecule has 0 N–H and O–H groups in total. The van der Waals surface area contributed by atoms with Gasteiger partial charge in [0.15, 0.2) is 0 Å². The molecule has 2 aromatic rings. The van der Waals surface area contributed by atoms with E-state index in [0.29, 0.717) is 16.7 Å². The van der Waals surface area contributed by atoms with E-state index in [1.807, 2.05) is 23.1 Å². The Balaban J connectivity index is 1.24. The molecule has 1 amide bonds. The van der Waals surface area contributed by atoms with Crippen molar-refractivity contribution in [3.05, 3.63) is 77.2 Å². The Hall–Kier alpha value is -1.98. The Morgan fingerprint density at radius 3 is 2.48 bits per heavy atom. The SMILES string of the molecule is C=C(CSc1ccc(F)cc1Cl)N1CCN(C(=O)[C@@H]2C[C@H]2c2ccccc2)CC1. The Morgan fingerprint density at radius 1 is 1.10 bits per heavy atom. The van der Waals surface area contributed by atoms with Crippen molar-refractivity contribution >= 4 is 29.3 Å². The smallest absolute Gasteiger partial charge is 0.226 e. The minimum absolute atomic E-state index is 0.142. The monoisotopic (exact) mass is 430 g/mol. The maximum atomic E-state index is 13.2. The number of nitrogens with zero attached hydrogens (tertiary/aromatic N) is 2. The van der Waals surface area contributed by atoms with Gasteiger partial charge in [0, 0.05) is 48.4 Å². The van der Waals surface area contributed by atoms with E-state index >= 15 is 0 Å². The Bertz CT molecular complexity index is 899. The Labute approximate surface area is 180 Å². The summed E-state index contributed by atoms with van der Waals surface area (Å²) in [4.78, 5) is 17.9. The Morgan fingerprint density at radius 2 is 1.79 bits per heavy atom. The molecule has 0 bridgehead atoms. The summed E-state index contributed by atoms with van der Waals surface area (Å²) in [6.45, 7) is 7.26. The highest BCUT2D eigenvalue weighted by molar-refractivity contribution is 7.99. The van der Waals surface area contributed by atoms with Crippen molar-refractivity contribution in [1.29, 1.82) is 0 Å². The van der Waals surface area contributed by atoms with Crippen molar-refractivity contribution in [3.63, 3.8) is 0 Å². The van der Waals surface area contributed by atoms with Crippen LogP contribution in [0, 0.1) is 11.7 Å². The third-order valence-corrected chi connectivity index (χ3v) is 7.23. The number of hydrogen-bond donors (Lipinski definition) is 0. The van der Waals surface area contributed by atoms with Crippen LogP contribution in [0.3, 0.4) is 0 Å². The van der Waals surface area contributed by atoms with Crippen LogP contribution in [0.1, 0.15) is 17.9 Å². The largest absolute Gasteiger partial charge is 0.371 e. The van der Waals surface area contributed by atoms with E-state index in [1.165, 1.54) is 17.7 Å². The van der Waals surface area contributed by atoms with Gasteiger partial charge in [-0.15, -0.1) is 11.8 Å². The van der Waals surface area contributed by atoms with Crippen molar-refractivity contribution in [2.45, 2.75) is 17.2 Å². The molecule has 0 aromatic heterocycles. The van der Waals surface area contributed by atoms with E-state index in [1.54, 1.807) is 17.8 Å². The van der Waals surface area contributed by atoms with Crippen LogP contribution in [-0.4, -0.2) is 47.6 Å². The first-order valence-corrected chi connectivity index (χ1v) is 11.2. The number of halogens is 2. The number of rotatable bonds is 6. The van der Waals surface area contributed by atoms with Crippen LogP contribution in [0.5, 0.6) is 0 Å². The highest BCUT2D eigenvalue weighted by Gasteiger charge is 2.45. The summed E-state index contributed by atoms with van der Waals surface area (Å²) in [5, 5.41) is 0.426. The zero-order valence-corrected chi connectivity index (χ0v) is 17.8. The maximum absolute atomic E-state index is 13.2. The normalized spacial score (nSPS) is 21.2. The van der Waals surface area contributed by atoms with E-state index in [4.69, 9.17) is 11.6 Å². The van der Waals surface area contributed by atoms with Gasteiger partial charge < -0.3 is 9.80 Å². The second-order valence-corrected chi connectivity index (χ2v) is 9.03. The van der Waals surface area contributed by atoms with Crippen LogP contribution in [0.4, 0.5) is 4.39 Å². The molecule has 1 saturated heterocycles. The summed E-state index contributed by atoms with van der Waals surface area (Å²) in [5.41, 5.74) is 2.28. The van der Waals surface area contributed by atoms with Crippen LogP contribution >= 0.6 is 23.4 Å². The van der Waals surface area contributed by atoms with Gasteiger partial charge in [0.2, 0.25) is 5.91 Å². The second kappa shape index (κ2) is 8.80. The summed E-state index contributed by atoms with van der Waals surface area (Å²) in [6.07, 6.45) is 0.963. The van der Waals surface area contributed by atoms with Gasteiger partial charge in [0.05, 0.1) is 5.02 Å². The van der Waals surface area contributed by atoms with Crippen molar-refractivity contribution in [1.82, 2.24) is 9.80 Å². The van der Waals surface area contributed by atoms with Crippen molar-refractivity contribution in [2.24, 2.45) is 5.92 Å². The lowest BCUT2D eigenvalue weighted by Crippen LogP contribution is -2.48. The summed E-state index contributed by atoms with van der Waals surface area (Å²) in [6, 6.07) is 14.8. The van der Waals surface area contributed by atoms with Gasteiger partial charge in [-0.2, -0.15) is 0 Å². The molecule has 2 aliphatic rings. The first-order chi connectivity index (χ1) is 14.0. The van der Waals surface area contributed by atoms with Gasteiger partial charge in [-0.25, -0.2) is 4.39 Å². The molecule has 0 radical (unpaired) electrons. The maximum Gasteiger partial charge on any atom is 0.226 e. The quantitative estimate of drug-likeness (QED) is 0.600. The first kappa shape index (κ1) is 20.3. The van der Waals surface area contributed by atoms with E-state index in [9.17, 15) is 9.18 Å². The molecule has 1 heterocycles. The van der Waals surface area contributed by atoms with E-state index in [0.717, 1.165) is 43.2 Å². The van der Waals surface area contributed by atoms with E-state index in [2.05, 4.69) is 23.6 Å². The lowest BCUT2D eigenvalue weighted by Gasteiger charge is -2.37. The Kier molecular flexibility index (Phi) is 6.16. The molecule has 1 aliphatic carbocycles. The van der Waals surface area contributed by atoms with Crippen molar-refractivity contribution in [3.8, 4) is 0 Å². The molecule has 1 saturated carbocycles. The second-order valence-electron chi connectivity index (χ2n) is 7.60. The number of thioether (sulfide) groups is 1. The van der Waals surface area contributed by atoms with Crippen LogP contribution in [0.15, 0.2) is 65.7 Å². The highest BCUT2D eigenvalue weighted by atomic mass is 35.5. The zero-order chi connectivity index (χ0) is 20.4. The summed E-state index contributed by atoms with van der Waals surface area (Å²) < 4.78 is 13.2. The van der Waals surface area contributed by atoms with Gasteiger partial charge >= 0.3 is 0 Å². The van der Waals surface area contributed by atoms with Gasteiger partial charge in [-0.1, -0.05) is 48.5 Å². The summed E-state index contributed by atoms with van der Waals surface area (Å²) in [7, 11) is 0. The summed E-state index contributed by atoms with van der Waals surface area (Å²) >= 11 is 7.65. The summed E-state index contributed by atoms with van der Waals surface area (Å²) in [5.74, 6) is 1.18. The van der Waals surface area contributed by atoms with Crippen molar-refractivity contribution in [2.75, 3.05) is 31.9 Å². The topological polar surface area (TPSA) is 23.6 Å². The molecule has 1 aliphatic heterocycles. The highest BCUT2D eigenvalue weighted by Crippen LogP contribution is 2.48. The molecule has 152 valence electrons. The third-order valence-electron chi connectivity index (χ3n) is 5.66. The molecule has 29 heavy (non-hydrogen) atoms. The van der Waals surface area contributed by atoms with Gasteiger partial charge in [-0.3, -0.25) is 4.79 Å². The average Bonchev–Trinajstić information content (AvgIpc) is 3.54. The van der Waals surface area contributed by atoms with Crippen molar-refractivity contribution < 1.29 is 9.18 Å². The van der Waals surface area contributed by atoms with Gasteiger partial charge in [0.1, 0.15) is 5.82 Å². The fourth-order valence-corrected chi connectivity index (χ4v) is 5.06. The average molecular weight is 431 g/mol. The molecule has 0 spiro atoms. The standard InChI is InChI=1S/C23H24ClFN2OS/c1-16(15-29-22-8-7-18(25)13-21(22)24)26-9-11-27(12-10-26)23(28)20-14-19(20)17-5-3-2-4-6-17/h2-8,13,19-20H,1,9-12,14-15H2/t19-,20+/m0/s1. The van der Waals surface area contributed by atoms with Crippen LogP contribution in [0.2, 0.25) is 5.02 Å². The van der Waals surface area contributed by atoms with Gasteiger partial charge in [0.25, 0.3) is 0 Å². The molecule has 4 rings (SSSR count). The molecule has 2 fully saturated rings. The molecule has 6 heteroatoms. The molecular weight excluding hydrogens is 407 g/mol. The molecule has 0 unspecified atom stereocenters. The number of hydrogen-bond acceptors (Lipinski definition) is 3. The number of amides is 1. The van der Waals surface area contributed by atoms with Crippen LogP contribution in [0.25, 0.3) is 0 Å². The zero-order valence-electron chi connectivity index (χ0n) is 16.2. The number of piperazine rings is 1. The number of carbonyl (C=O) groups is 1. The molecule has 3 nitrogen and oxygen atoms in total. The van der Waals surface area contributed by atoms with Crippen LogP contribution in [-0.2, 0) is 4.79 Å². The fourth-order valence-electron chi connectivity index (χ4n) is 3.86. The predicted octanol–water partition coefficient (Wildman–Crippen LogP) is 5.03. The first-order valence-electron chi connectivity index (χ1n) is 9.87. The molecule has 2 atom stereocenters. The van der Waals surface area contributed by atoms with Gasteiger partial charge in [-0.05, 0) is 36.1 Å². The van der Waals surface area contributed by atoms with Crippen LogP contribution < -0.4 is 0 Å². The number of carbonyl (C=O) groups excluding carboxylic acids is 1. The number of benzene rings is 2. The predicted molar refractivity (Wildman–Crippen MR) is 117 cm³/mol. The third kappa shape index (κ3) is 4.78.